The Morgan fingerprint density at radius 2 is 1.87 bits per heavy atom. The fraction of sp³-hybridized carbons (Fsp3) is 0.350. The Labute approximate surface area is 137 Å². The van der Waals surface area contributed by atoms with Gasteiger partial charge in [-0.2, -0.15) is 0 Å². The smallest absolute Gasteiger partial charge is 0.123 e. The fourth-order valence-electron chi connectivity index (χ4n) is 3.35. The third-order valence-electron chi connectivity index (χ3n) is 4.63. The van der Waals surface area contributed by atoms with Crippen molar-refractivity contribution in [3.8, 4) is 16.9 Å². The molecule has 23 heavy (non-hydrogen) atoms. The fourth-order valence-corrected chi connectivity index (χ4v) is 3.35. The average molecular weight is 306 g/mol. The monoisotopic (exact) mass is 306 g/mol. The van der Waals surface area contributed by atoms with Crippen LogP contribution >= 0.6 is 0 Å². The van der Waals surface area contributed by atoms with Crippen LogP contribution in [0.25, 0.3) is 11.1 Å². The number of hydrogen-bond donors (Lipinski definition) is 1. The van der Waals surface area contributed by atoms with Crippen molar-refractivity contribution in [2.45, 2.75) is 32.7 Å². The van der Waals surface area contributed by atoms with Gasteiger partial charge in [0.25, 0.3) is 0 Å². The molecule has 0 saturated heterocycles. The number of ether oxygens (including phenoxy) is 1. The Morgan fingerprint density at radius 3 is 2.83 bits per heavy atom. The van der Waals surface area contributed by atoms with Crippen molar-refractivity contribution >= 4 is 11.4 Å². The molecule has 3 heteroatoms. The van der Waals surface area contributed by atoms with E-state index in [9.17, 15) is 0 Å². The Balaban J connectivity index is 1.73. The predicted octanol–water partition coefficient (Wildman–Crippen LogP) is 4.26. The molecule has 0 atom stereocenters. The van der Waals surface area contributed by atoms with E-state index in [1.165, 1.54) is 34.4 Å². The number of fused-ring (bicyclic) bond motifs is 2. The van der Waals surface area contributed by atoms with Crippen molar-refractivity contribution in [2.24, 2.45) is 4.99 Å². The first-order valence-corrected chi connectivity index (χ1v) is 8.43. The van der Waals surface area contributed by atoms with Crippen molar-refractivity contribution in [2.75, 3.05) is 13.2 Å². The van der Waals surface area contributed by atoms with E-state index in [4.69, 9.17) is 9.73 Å². The lowest BCUT2D eigenvalue weighted by atomic mass is 9.98. The molecule has 0 fully saturated rings. The number of nitrogens with one attached hydrogen (secondary N) is 1. The highest BCUT2D eigenvalue weighted by Gasteiger charge is 2.12. The lowest BCUT2D eigenvalue weighted by Gasteiger charge is -2.11. The SMILES string of the molecule is CC1=Nc2cc(-c3ccc4c(c3)CNCCO4)ccc2CCC1. The quantitative estimate of drug-likeness (QED) is 0.854. The summed E-state index contributed by atoms with van der Waals surface area (Å²) in [6.07, 6.45) is 3.42. The summed E-state index contributed by atoms with van der Waals surface area (Å²) in [7, 11) is 0. The van der Waals surface area contributed by atoms with Gasteiger partial charge in [-0.05, 0) is 61.1 Å². The molecule has 2 aromatic carbocycles. The number of nitrogens with zero attached hydrogens (tertiary/aromatic N) is 1. The van der Waals surface area contributed by atoms with Gasteiger partial charge in [0.2, 0.25) is 0 Å². The third kappa shape index (κ3) is 3.02. The van der Waals surface area contributed by atoms with Gasteiger partial charge in [-0.25, -0.2) is 0 Å². The zero-order chi connectivity index (χ0) is 15.6. The summed E-state index contributed by atoms with van der Waals surface area (Å²) in [4.78, 5) is 4.81. The molecule has 2 aliphatic heterocycles. The van der Waals surface area contributed by atoms with Gasteiger partial charge >= 0.3 is 0 Å². The maximum absolute atomic E-state index is 5.78. The molecule has 4 rings (SSSR count). The first-order chi connectivity index (χ1) is 11.3. The van der Waals surface area contributed by atoms with E-state index in [1.54, 1.807) is 0 Å². The number of hydrogen-bond acceptors (Lipinski definition) is 3. The van der Waals surface area contributed by atoms with Crippen molar-refractivity contribution in [1.82, 2.24) is 5.32 Å². The minimum Gasteiger partial charge on any atom is -0.492 e. The van der Waals surface area contributed by atoms with Crippen LogP contribution in [0.5, 0.6) is 5.75 Å². The predicted molar refractivity (Wildman–Crippen MR) is 94.8 cm³/mol. The minimum atomic E-state index is 0.735. The second-order valence-electron chi connectivity index (χ2n) is 6.39. The van der Waals surface area contributed by atoms with E-state index in [1.807, 2.05) is 0 Å². The Morgan fingerprint density at radius 1 is 1.00 bits per heavy atom. The van der Waals surface area contributed by atoms with Gasteiger partial charge in [0.15, 0.2) is 0 Å². The van der Waals surface area contributed by atoms with Crippen LogP contribution in [0, 0.1) is 0 Å². The summed E-state index contributed by atoms with van der Waals surface area (Å²) in [5.74, 6) is 1.00. The second-order valence-corrected chi connectivity index (χ2v) is 6.39. The molecule has 0 saturated carbocycles. The molecule has 2 heterocycles. The topological polar surface area (TPSA) is 33.6 Å². The van der Waals surface area contributed by atoms with Crippen molar-refractivity contribution in [3.63, 3.8) is 0 Å². The van der Waals surface area contributed by atoms with E-state index >= 15 is 0 Å². The number of benzene rings is 2. The molecular weight excluding hydrogens is 284 g/mol. The van der Waals surface area contributed by atoms with E-state index in [0.29, 0.717) is 0 Å². The van der Waals surface area contributed by atoms with Crippen molar-refractivity contribution in [1.29, 1.82) is 0 Å². The van der Waals surface area contributed by atoms with Gasteiger partial charge in [-0.3, -0.25) is 4.99 Å². The van der Waals surface area contributed by atoms with Crippen LogP contribution in [-0.2, 0) is 13.0 Å². The summed E-state index contributed by atoms with van der Waals surface area (Å²) in [5.41, 5.74) is 7.44. The molecule has 118 valence electrons. The molecular formula is C20H22N2O. The summed E-state index contributed by atoms with van der Waals surface area (Å²) in [6, 6.07) is 13.2. The molecule has 2 aliphatic rings. The molecule has 0 aliphatic carbocycles. The van der Waals surface area contributed by atoms with Crippen LogP contribution in [0.15, 0.2) is 41.4 Å². The molecule has 0 bridgehead atoms. The molecule has 0 aromatic heterocycles. The van der Waals surface area contributed by atoms with Gasteiger partial charge in [-0.15, -0.1) is 0 Å². The molecule has 0 radical (unpaired) electrons. The summed E-state index contributed by atoms with van der Waals surface area (Å²) in [5, 5.41) is 3.40. The van der Waals surface area contributed by atoms with E-state index in [-0.39, 0.29) is 0 Å². The molecule has 2 aromatic rings. The molecule has 0 unspecified atom stereocenters. The van der Waals surface area contributed by atoms with E-state index in [0.717, 1.165) is 44.0 Å². The first kappa shape index (κ1) is 14.5. The minimum absolute atomic E-state index is 0.735. The lowest BCUT2D eigenvalue weighted by Crippen LogP contribution is -2.16. The van der Waals surface area contributed by atoms with E-state index in [2.05, 4.69) is 48.6 Å². The average Bonchev–Trinajstić information content (AvgIpc) is 2.90. The highest BCUT2D eigenvalue weighted by atomic mass is 16.5. The Kier molecular flexibility index (Phi) is 3.88. The number of rotatable bonds is 1. The maximum atomic E-state index is 5.78. The summed E-state index contributed by atoms with van der Waals surface area (Å²) in [6.45, 7) is 4.63. The van der Waals surface area contributed by atoms with Crippen molar-refractivity contribution in [3.05, 3.63) is 47.5 Å². The van der Waals surface area contributed by atoms with Crippen LogP contribution in [0.4, 0.5) is 5.69 Å². The van der Waals surface area contributed by atoms with Crippen molar-refractivity contribution < 1.29 is 4.74 Å². The highest BCUT2D eigenvalue weighted by Crippen LogP contribution is 2.33. The van der Waals surface area contributed by atoms with Gasteiger partial charge in [0.05, 0.1) is 5.69 Å². The van der Waals surface area contributed by atoms with Gasteiger partial charge in [0.1, 0.15) is 12.4 Å². The second kappa shape index (κ2) is 6.17. The standard InChI is InChI=1S/C20H22N2O/c1-14-3-2-4-15-5-6-17(12-19(15)22-14)16-7-8-20-18(11-16)13-21-9-10-23-20/h5-8,11-12,21H,2-4,9-10,13H2,1H3. The zero-order valence-corrected chi connectivity index (χ0v) is 13.6. The van der Waals surface area contributed by atoms with E-state index < -0.39 is 0 Å². The maximum Gasteiger partial charge on any atom is 0.123 e. The Bertz CT molecular complexity index is 764. The van der Waals surface area contributed by atoms with Crippen LogP contribution in [-0.4, -0.2) is 18.9 Å². The van der Waals surface area contributed by atoms with Crippen LogP contribution in [0.1, 0.15) is 30.9 Å². The largest absolute Gasteiger partial charge is 0.492 e. The zero-order valence-electron chi connectivity index (χ0n) is 13.6. The highest BCUT2D eigenvalue weighted by molar-refractivity contribution is 5.86. The molecule has 1 N–H and O–H groups in total. The Hall–Kier alpha value is -2.13. The number of aryl methyl sites for hydroxylation is 1. The van der Waals surface area contributed by atoms with Gasteiger partial charge in [0, 0.05) is 24.4 Å². The van der Waals surface area contributed by atoms with Gasteiger partial charge < -0.3 is 10.1 Å². The molecule has 0 amide bonds. The third-order valence-corrected chi connectivity index (χ3v) is 4.63. The first-order valence-electron chi connectivity index (χ1n) is 8.43. The van der Waals surface area contributed by atoms with Crippen LogP contribution in [0.2, 0.25) is 0 Å². The van der Waals surface area contributed by atoms with Gasteiger partial charge in [-0.1, -0.05) is 18.2 Å². The van der Waals surface area contributed by atoms with Crippen LogP contribution < -0.4 is 10.1 Å². The molecule has 3 nitrogen and oxygen atoms in total. The normalized spacial score (nSPS) is 17.2. The molecule has 0 spiro atoms. The summed E-state index contributed by atoms with van der Waals surface area (Å²) >= 11 is 0. The number of aliphatic imine (C=N–C) groups is 1. The lowest BCUT2D eigenvalue weighted by molar-refractivity contribution is 0.326. The van der Waals surface area contributed by atoms with Crippen LogP contribution in [0.3, 0.4) is 0 Å². The summed E-state index contributed by atoms with van der Waals surface area (Å²) < 4.78 is 5.78.